The van der Waals surface area contributed by atoms with Crippen LogP contribution in [0.1, 0.15) is 32.0 Å². The van der Waals surface area contributed by atoms with Gasteiger partial charge in [-0.3, -0.25) is 0 Å². The van der Waals surface area contributed by atoms with E-state index in [4.69, 9.17) is 5.26 Å². The van der Waals surface area contributed by atoms with Crippen molar-refractivity contribution in [3.63, 3.8) is 0 Å². The average Bonchev–Trinajstić information content (AvgIpc) is 2.77. The molecule has 0 saturated carbocycles. The van der Waals surface area contributed by atoms with Crippen LogP contribution < -0.4 is 5.32 Å². The van der Waals surface area contributed by atoms with Crippen LogP contribution in [-0.2, 0) is 5.41 Å². The number of hydrogen-bond acceptors (Lipinski definition) is 4. The summed E-state index contributed by atoms with van der Waals surface area (Å²) in [5.74, 6) is 0. The number of nitrogens with one attached hydrogen (secondary N) is 1. The van der Waals surface area contributed by atoms with Crippen LogP contribution in [0.15, 0.2) is 28.1 Å². The molecule has 0 aliphatic carbocycles. The maximum atomic E-state index is 8.88. The van der Waals surface area contributed by atoms with Crippen molar-refractivity contribution in [3.8, 4) is 6.07 Å². The fourth-order valence-corrected chi connectivity index (χ4v) is 2.91. The Morgan fingerprint density at radius 2 is 2.11 bits per heavy atom. The lowest BCUT2D eigenvalue weighted by atomic mass is 9.93. The van der Waals surface area contributed by atoms with Gasteiger partial charge in [-0.1, -0.05) is 20.8 Å². The Balaban J connectivity index is 2.20. The molecule has 0 aliphatic rings. The third kappa shape index (κ3) is 3.34. The molecule has 0 radical (unpaired) electrons. The Morgan fingerprint density at radius 3 is 2.63 bits per heavy atom. The summed E-state index contributed by atoms with van der Waals surface area (Å²) in [6.45, 7) is 6.43. The highest BCUT2D eigenvalue weighted by Gasteiger charge is 2.17. The molecule has 1 N–H and O–H groups in total. The van der Waals surface area contributed by atoms with Gasteiger partial charge >= 0.3 is 0 Å². The van der Waals surface area contributed by atoms with Gasteiger partial charge in [-0.25, -0.2) is 4.98 Å². The number of benzene rings is 1. The minimum absolute atomic E-state index is 0.0572. The number of thiazole rings is 1. The van der Waals surface area contributed by atoms with E-state index in [0.717, 1.165) is 21.0 Å². The molecule has 3 nitrogen and oxygen atoms in total. The van der Waals surface area contributed by atoms with Crippen LogP contribution in [0, 0.1) is 11.3 Å². The van der Waals surface area contributed by atoms with E-state index in [2.05, 4.69) is 58.5 Å². The van der Waals surface area contributed by atoms with Gasteiger partial charge in [0.2, 0.25) is 0 Å². The lowest BCUT2D eigenvalue weighted by Gasteiger charge is -2.14. The quantitative estimate of drug-likeness (QED) is 0.855. The molecule has 0 amide bonds. The van der Waals surface area contributed by atoms with Gasteiger partial charge in [0.25, 0.3) is 0 Å². The maximum Gasteiger partial charge on any atom is 0.187 e. The van der Waals surface area contributed by atoms with Gasteiger partial charge in [-0.05, 0) is 34.1 Å². The summed E-state index contributed by atoms with van der Waals surface area (Å²) < 4.78 is 0.785. The van der Waals surface area contributed by atoms with Crippen molar-refractivity contribution in [2.75, 3.05) is 5.32 Å². The minimum Gasteiger partial charge on any atom is -0.332 e. The first-order chi connectivity index (χ1) is 8.90. The second-order valence-corrected chi connectivity index (χ2v) is 6.93. The minimum atomic E-state index is 0.0572. The molecular formula is C14H14BrN3S. The summed E-state index contributed by atoms with van der Waals surface area (Å²) in [6, 6.07) is 7.67. The van der Waals surface area contributed by atoms with Gasteiger partial charge < -0.3 is 5.32 Å². The van der Waals surface area contributed by atoms with Crippen LogP contribution in [0.3, 0.4) is 0 Å². The summed E-state index contributed by atoms with van der Waals surface area (Å²) in [7, 11) is 0. The fraction of sp³-hybridized carbons (Fsp3) is 0.286. The molecule has 1 aromatic heterocycles. The molecule has 0 spiro atoms. The monoisotopic (exact) mass is 335 g/mol. The van der Waals surface area contributed by atoms with Gasteiger partial charge in [0.1, 0.15) is 6.07 Å². The lowest BCUT2D eigenvalue weighted by Crippen LogP contribution is -2.11. The maximum absolute atomic E-state index is 8.88. The highest BCUT2D eigenvalue weighted by Crippen LogP contribution is 2.29. The number of nitriles is 1. The largest absolute Gasteiger partial charge is 0.332 e. The topological polar surface area (TPSA) is 48.7 Å². The predicted octanol–water partition coefficient (Wildman–Crippen LogP) is 4.82. The van der Waals surface area contributed by atoms with Crippen molar-refractivity contribution >= 4 is 38.1 Å². The van der Waals surface area contributed by atoms with E-state index in [-0.39, 0.29) is 5.41 Å². The van der Waals surface area contributed by atoms with Gasteiger partial charge in [0, 0.05) is 21.0 Å². The first-order valence-corrected chi connectivity index (χ1v) is 7.50. The number of nitrogens with zero attached hydrogens (tertiary/aromatic N) is 2. The second-order valence-electron chi connectivity index (χ2n) is 5.22. The van der Waals surface area contributed by atoms with Crippen LogP contribution in [0.5, 0.6) is 0 Å². The smallest absolute Gasteiger partial charge is 0.187 e. The van der Waals surface area contributed by atoms with E-state index >= 15 is 0 Å². The predicted molar refractivity (Wildman–Crippen MR) is 83.0 cm³/mol. The molecule has 2 rings (SSSR count). The molecule has 0 bridgehead atoms. The van der Waals surface area contributed by atoms with Gasteiger partial charge in [0.15, 0.2) is 5.13 Å². The van der Waals surface area contributed by atoms with Crippen molar-refractivity contribution in [1.29, 1.82) is 5.26 Å². The van der Waals surface area contributed by atoms with Crippen LogP contribution >= 0.6 is 27.3 Å². The van der Waals surface area contributed by atoms with Gasteiger partial charge in [0.05, 0.1) is 11.3 Å². The second kappa shape index (κ2) is 5.32. The summed E-state index contributed by atoms with van der Waals surface area (Å²) >= 11 is 4.96. The van der Waals surface area contributed by atoms with Crippen LogP contribution in [0.2, 0.25) is 0 Å². The molecule has 0 atom stereocenters. The Kier molecular flexibility index (Phi) is 3.93. The van der Waals surface area contributed by atoms with Gasteiger partial charge in [-0.15, -0.1) is 11.3 Å². The SMILES string of the molecule is CC(C)(C)c1csc(Nc2ccc(C#N)c(Br)c2)n1. The number of halogens is 1. The molecule has 19 heavy (non-hydrogen) atoms. The van der Waals surface area contributed by atoms with E-state index in [1.807, 2.05) is 12.1 Å². The molecule has 0 saturated heterocycles. The molecule has 98 valence electrons. The van der Waals surface area contributed by atoms with E-state index in [9.17, 15) is 0 Å². The van der Waals surface area contributed by atoms with Crippen molar-refractivity contribution in [1.82, 2.24) is 4.98 Å². The fourth-order valence-electron chi connectivity index (χ4n) is 1.48. The Hall–Kier alpha value is -1.38. The molecular weight excluding hydrogens is 322 g/mol. The molecule has 1 aromatic carbocycles. The average molecular weight is 336 g/mol. The molecule has 0 aliphatic heterocycles. The van der Waals surface area contributed by atoms with E-state index in [1.54, 1.807) is 17.4 Å². The van der Waals surface area contributed by atoms with Crippen LogP contribution in [-0.4, -0.2) is 4.98 Å². The van der Waals surface area contributed by atoms with E-state index < -0.39 is 0 Å². The zero-order valence-corrected chi connectivity index (χ0v) is 13.4. The summed E-state index contributed by atoms with van der Waals surface area (Å²) in [6.07, 6.45) is 0. The molecule has 2 aromatic rings. The normalized spacial score (nSPS) is 11.1. The summed E-state index contributed by atoms with van der Waals surface area (Å²) in [5, 5.41) is 15.1. The standard InChI is InChI=1S/C14H14BrN3S/c1-14(2,3)12-8-19-13(18-12)17-10-5-4-9(7-16)11(15)6-10/h4-6,8H,1-3H3,(H,17,18). The van der Waals surface area contributed by atoms with Crippen molar-refractivity contribution in [2.45, 2.75) is 26.2 Å². The van der Waals surface area contributed by atoms with Crippen molar-refractivity contribution in [2.24, 2.45) is 0 Å². The van der Waals surface area contributed by atoms with Crippen molar-refractivity contribution in [3.05, 3.63) is 39.3 Å². The zero-order valence-electron chi connectivity index (χ0n) is 11.0. The highest BCUT2D eigenvalue weighted by atomic mass is 79.9. The number of rotatable bonds is 2. The van der Waals surface area contributed by atoms with Crippen molar-refractivity contribution < 1.29 is 0 Å². The molecule has 5 heteroatoms. The summed E-state index contributed by atoms with van der Waals surface area (Å²) in [4.78, 5) is 4.58. The molecule has 0 unspecified atom stereocenters. The lowest BCUT2D eigenvalue weighted by molar-refractivity contribution is 0.573. The van der Waals surface area contributed by atoms with E-state index in [1.165, 1.54) is 0 Å². The number of anilines is 2. The Bertz CT molecular complexity index is 635. The summed E-state index contributed by atoms with van der Waals surface area (Å²) in [5.41, 5.74) is 2.68. The number of aromatic nitrogens is 1. The third-order valence-electron chi connectivity index (χ3n) is 2.61. The number of hydrogen-bond donors (Lipinski definition) is 1. The first kappa shape index (κ1) is 14.0. The Morgan fingerprint density at radius 1 is 1.37 bits per heavy atom. The van der Waals surface area contributed by atoms with Crippen LogP contribution in [0.25, 0.3) is 0 Å². The Labute approximate surface area is 125 Å². The first-order valence-electron chi connectivity index (χ1n) is 5.83. The molecule has 1 heterocycles. The van der Waals surface area contributed by atoms with Crippen LogP contribution in [0.4, 0.5) is 10.8 Å². The molecule has 0 fully saturated rings. The highest BCUT2D eigenvalue weighted by molar-refractivity contribution is 9.10. The van der Waals surface area contributed by atoms with E-state index in [0.29, 0.717) is 5.56 Å². The third-order valence-corrected chi connectivity index (χ3v) is 4.03. The zero-order chi connectivity index (χ0) is 14.0. The van der Waals surface area contributed by atoms with Gasteiger partial charge in [-0.2, -0.15) is 5.26 Å².